The summed E-state index contributed by atoms with van der Waals surface area (Å²) in [6.07, 6.45) is 4.15. The largest absolute Gasteiger partial charge is 0.393 e. The molecule has 1 rings (SSSR count). The summed E-state index contributed by atoms with van der Waals surface area (Å²) in [4.78, 5) is 0. The smallest absolute Gasteiger partial charge is 0.0543 e. The molecule has 0 aromatic carbocycles. The van der Waals surface area contributed by atoms with Crippen LogP contribution in [0.1, 0.15) is 32.6 Å². The van der Waals surface area contributed by atoms with E-state index < -0.39 is 0 Å². The van der Waals surface area contributed by atoms with Crippen LogP contribution in [-0.2, 0) is 0 Å². The van der Waals surface area contributed by atoms with Gasteiger partial charge in [-0.15, -0.1) is 0 Å². The van der Waals surface area contributed by atoms with E-state index in [0.717, 1.165) is 32.4 Å². The van der Waals surface area contributed by atoms with Crippen molar-refractivity contribution in [3.63, 3.8) is 0 Å². The lowest BCUT2D eigenvalue weighted by Crippen LogP contribution is -2.23. The number of hydrogen-bond acceptors (Lipinski definition) is 2. The molecular weight excluding hydrogens is 162 g/mol. The zero-order chi connectivity index (χ0) is 9.68. The van der Waals surface area contributed by atoms with Crippen LogP contribution in [0.5, 0.6) is 0 Å². The lowest BCUT2D eigenvalue weighted by Gasteiger charge is -2.11. The second-order valence-electron chi connectivity index (χ2n) is 4.07. The predicted octanol–water partition coefficient (Wildman–Crippen LogP) is 1.70. The molecule has 1 aliphatic carbocycles. The average Bonchev–Trinajstić information content (AvgIpc) is 2.51. The first-order valence-electron chi connectivity index (χ1n) is 5.27. The van der Waals surface area contributed by atoms with Crippen LogP contribution >= 0.6 is 0 Å². The van der Waals surface area contributed by atoms with Gasteiger partial charge in [-0.25, -0.2) is 0 Å². The highest BCUT2D eigenvalue weighted by Gasteiger charge is 2.21. The predicted molar refractivity (Wildman–Crippen MR) is 55.6 cm³/mol. The van der Waals surface area contributed by atoms with Crippen molar-refractivity contribution in [1.29, 1.82) is 0 Å². The van der Waals surface area contributed by atoms with Gasteiger partial charge in [0.05, 0.1) is 6.10 Å². The van der Waals surface area contributed by atoms with Gasteiger partial charge in [0, 0.05) is 6.54 Å². The molecule has 76 valence electrons. The number of aliphatic hydroxyl groups excluding tert-OH is 1. The van der Waals surface area contributed by atoms with E-state index in [-0.39, 0.29) is 6.10 Å². The van der Waals surface area contributed by atoms with Crippen molar-refractivity contribution in [3.05, 3.63) is 12.2 Å². The molecule has 0 aromatic heterocycles. The van der Waals surface area contributed by atoms with Gasteiger partial charge in [-0.05, 0) is 38.1 Å². The van der Waals surface area contributed by atoms with Crippen molar-refractivity contribution in [1.82, 2.24) is 5.32 Å². The van der Waals surface area contributed by atoms with Gasteiger partial charge in [0.2, 0.25) is 0 Å². The number of hydrogen-bond donors (Lipinski definition) is 2. The molecule has 2 N–H and O–H groups in total. The summed E-state index contributed by atoms with van der Waals surface area (Å²) < 4.78 is 0. The monoisotopic (exact) mass is 183 g/mol. The fourth-order valence-corrected chi connectivity index (χ4v) is 1.81. The van der Waals surface area contributed by atoms with Gasteiger partial charge in [0.25, 0.3) is 0 Å². The molecule has 1 aliphatic rings. The summed E-state index contributed by atoms with van der Waals surface area (Å²) in [6.45, 7) is 8.04. The fraction of sp³-hybridized carbons (Fsp3) is 0.818. The van der Waals surface area contributed by atoms with E-state index in [1.165, 1.54) is 12.0 Å². The van der Waals surface area contributed by atoms with Gasteiger partial charge in [-0.3, -0.25) is 0 Å². The van der Waals surface area contributed by atoms with Gasteiger partial charge in [-0.2, -0.15) is 0 Å². The zero-order valence-electron chi connectivity index (χ0n) is 8.55. The Kier molecular flexibility index (Phi) is 4.46. The molecule has 1 saturated carbocycles. The summed E-state index contributed by atoms with van der Waals surface area (Å²) in [6, 6.07) is 0. The maximum atomic E-state index is 9.31. The molecule has 2 atom stereocenters. The Morgan fingerprint density at radius 2 is 2.31 bits per heavy atom. The lowest BCUT2D eigenvalue weighted by molar-refractivity contribution is 0.177. The minimum atomic E-state index is -0.0406. The topological polar surface area (TPSA) is 32.3 Å². The Bertz CT molecular complexity index is 167. The molecule has 0 amide bonds. The molecule has 0 spiro atoms. The van der Waals surface area contributed by atoms with Crippen molar-refractivity contribution in [2.45, 2.75) is 38.7 Å². The summed E-state index contributed by atoms with van der Waals surface area (Å²) in [5, 5.41) is 12.7. The molecule has 2 unspecified atom stereocenters. The molecular formula is C11H21NO. The van der Waals surface area contributed by atoms with Gasteiger partial charge in [-0.1, -0.05) is 19.1 Å². The third-order valence-electron chi connectivity index (χ3n) is 2.82. The van der Waals surface area contributed by atoms with Crippen LogP contribution in [0.2, 0.25) is 0 Å². The second kappa shape index (κ2) is 5.40. The minimum absolute atomic E-state index is 0.0406. The molecule has 2 nitrogen and oxygen atoms in total. The van der Waals surface area contributed by atoms with E-state index in [9.17, 15) is 5.11 Å². The molecule has 0 heterocycles. The normalized spacial score (nSPS) is 27.8. The lowest BCUT2D eigenvalue weighted by atomic mass is 10.1. The summed E-state index contributed by atoms with van der Waals surface area (Å²) in [5.41, 5.74) is 1.26. The summed E-state index contributed by atoms with van der Waals surface area (Å²) in [5.74, 6) is 0.680. The van der Waals surface area contributed by atoms with E-state index in [0.29, 0.717) is 5.92 Å². The molecule has 0 saturated heterocycles. The van der Waals surface area contributed by atoms with Crippen molar-refractivity contribution in [3.8, 4) is 0 Å². The zero-order valence-corrected chi connectivity index (χ0v) is 8.55. The number of nitrogens with one attached hydrogen (secondary N) is 1. The third kappa shape index (κ3) is 3.92. The maximum Gasteiger partial charge on any atom is 0.0543 e. The Balaban J connectivity index is 2.03. The van der Waals surface area contributed by atoms with Crippen molar-refractivity contribution in [2.75, 3.05) is 13.1 Å². The SMILES string of the molecule is C=C(CC)CNCC1CCC(O)C1. The number of aliphatic hydroxyl groups is 1. The Hall–Kier alpha value is -0.340. The van der Waals surface area contributed by atoms with E-state index in [1.807, 2.05) is 0 Å². The molecule has 1 fully saturated rings. The van der Waals surface area contributed by atoms with Crippen LogP contribution in [0, 0.1) is 5.92 Å². The summed E-state index contributed by atoms with van der Waals surface area (Å²) >= 11 is 0. The third-order valence-corrected chi connectivity index (χ3v) is 2.82. The fourth-order valence-electron chi connectivity index (χ4n) is 1.81. The van der Waals surface area contributed by atoms with Crippen LogP contribution in [0.25, 0.3) is 0 Å². The van der Waals surface area contributed by atoms with E-state index in [4.69, 9.17) is 0 Å². The quantitative estimate of drug-likeness (QED) is 0.636. The summed E-state index contributed by atoms with van der Waals surface area (Å²) in [7, 11) is 0. The first kappa shape index (κ1) is 10.7. The van der Waals surface area contributed by atoms with Crippen LogP contribution in [0.3, 0.4) is 0 Å². The van der Waals surface area contributed by atoms with E-state index >= 15 is 0 Å². The van der Waals surface area contributed by atoms with Gasteiger partial charge in [0.1, 0.15) is 0 Å². The minimum Gasteiger partial charge on any atom is -0.393 e. The van der Waals surface area contributed by atoms with Gasteiger partial charge in [0.15, 0.2) is 0 Å². The Morgan fingerprint density at radius 3 is 2.85 bits per heavy atom. The molecule has 13 heavy (non-hydrogen) atoms. The van der Waals surface area contributed by atoms with Crippen molar-refractivity contribution in [2.24, 2.45) is 5.92 Å². The highest BCUT2D eigenvalue weighted by atomic mass is 16.3. The van der Waals surface area contributed by atoms with E-state index in [1.54, 1.807) is 0 Å². The standard InChI is InChI=1S/C11H21NO/c1-3-9(2)7-12-8-10-4-5-11(13)6-10/h10-13H,2-8H2,1H3. The van der Waals surface area contributed by atoms with Crippen LogP contribution in [0.15, 0.2) is 12.2 Å². The Labute approximate surface area is 81.0 Å². The molecule has 0 bridgehead atoms. The number of rotatable bonds is 5. The van der Waals surface area contributed by atoms with E-state index in [2.05, 4.69) is 18.8 Å². The van der Waals surface area contributed by atoms with Crippen molar-refractivity contribution >= 4 is 0 Å². The van der Waals surface area contributed by atoms with Gasteiger partial charge < -0.3 is 10.4 Å². The molecule has 2 heteroatoms. The van der Waals surface area contributed by atoms with Crippen LogP contribution in [0.4, 0.5) is 0 Å². The van der Waals surface area contributed by atoms with Crippen LogP contribution < -0.4 is 5.32 Å². The van der Waals surface area contributed by atoms with Crippen LogP contribution in [-0.4, -0.2) is 24.3 Å². The second-order valence-corrected chi connectivity index (χ2v) is 4.07. The first-order chi connectivity index (χ1) is 6.22. The molecule has 0 radical (unpaired) electrons. The average molecular weight is 183 g/mol. The molecule has 0 aromatic rings. The Morgan fingerprint density at radius 1 is 1.54 bits per heavy atom. The first-order valence-corrected chi connectivity index (χ1v) is 5.27. The van der Waals surface area contributed by atoms with Gasteiger partial charge >= 0.3 is 0 Å². The van der Waals surface area contributed by atoms with Crippen molar-refractivity contribution < 1.29 is 5.11 Å². The maximum absolute atomic E-state index is 9.31. The highest BCUT2D eigenvalue weighted by molar-refractivity contribution is 4.95. The highest BCUT2D eigenvalue weighted by Crippen LogP contribution is 2.24. The molecule has 0 aliphatic heterocycles.